The van der Waals surface area contributed by atoms with Gasteiger partial charge in [-0.3, -0.25) is 9.78 Å². The fourth-order valence-electron chi connectivity index (χ4n) is 3.64. The Kier molecular flexibility index (Phi) is 4.50. The molecule has 1 aliphatic heterocycles. The standard InChI is InChI=1S/C18H21N3O4/c1-12-10-14(20-25-12)18(22)21-8-9-23-17-15(21)5-6-16(17)24-11-13-4-2-3-7-19-13/h2-4,7,10,15-17H,5-6,8-9,11H2,1H3/t15-,16+,17+/m0/s1. The van der Waals surface area contributed by atoms with Crippen molar-refractivity contribution in [1.29, 1.82) is 0 Å². The maximum Gasteiger partial charge on any atom is 0.276 e. The molecule has 25 heavy (non-hydrogen) atoms. The van der Waals surface area contributed by atoms with E-state index in [1.165, 1.54) is 0 Å². The van der Waals surface area contributed by atoms with Gasteiger partial charge in [0, 0.05) is 18.8 Å². The zero-order valence-corrected chi connectivity index (χ0v) is 14.1. The lowest BCUT2D eigenvalue weighted by atomic mass is 10.1. The van der Waals surface area contributed by atoms with E-state index in [9.17, 15) is 4.79 Å². The molecule has 3 atom stereocenters. The molecule has 0 N–H and O–H groups in total. The van der Waals surface area contributed by atoms with Crippen LogP contribution in [0.2, 0.25) is 0 Å². The quantitative estimate of drug-likeness (QED) is 0.845. The molecule has 2 aliphatic rings. The zero-order chi connectivity index (χ0) is 17.2. The van der Waals surface area contributed by atoms with Crippen molar-refractivity contribution in [3.8, 4) is 0 Å². The highest BCUT2D eigenvalue weighted by Crippen LogP contribution is 2.33. The van der Waals surface area contributed by atoms with Crippen LogP contribution in [0.25, 0.3) is 0 Å². The number of morpholine rings is 1. The normalized spacial score (nSPS) is 25.8. The van der Waals surface area contributed by atoms with Gasteiger partial charge in [-0.1, -0.05) is 11.2 Å². The number of aromatic nitrogens is 2. The molecule has 2 fully saturated rings. The van der Waals surface area contributed by atoms with Crippen LogP contribution in [0.1, 0.15) is 34.8 Å². The van der Waals surface area contributed by atoms with E-state index in [4.69, 9.17) is 14.0 Å². The molecule has 2 aromatic rings. The molecule has 3 heterocycles. The van der Waals surface area contributed by atoms with Crippen molar-refractivity contribution < 1.29 is 18.8 Å². The van der Waals surface area contributed by atoms with E-state index in [2.05, 4.69) is 10.1 Å². The fourth-order valence-corrected chi connectivity index (χ4v) is 3.64. The minimum absolute atomic E-state index is 0.0204. The molecule has 2 aromatic heterocycles. The molecule has 0 bridgehead atoms. The predicted molar refractivity (Wildman–Crippen MR) is 87.9 cm³/mol. The Hall–Kier alpha value is -2.25. The number of hydrogen-bond acceptors (Lipinski definition) is 6. The Bertz CT molecular complexity index is 733. The van der Waals surface area contributed by atoms with Crippen LogP contribution < -0.4 is 0 Å². The molecule has 0 aromatic carbocycles. The molecule has 0 unspecified atom stereocenters. The van der Waals surface area contributed by atoms with E-state index in [-0.39, 0.29) is 24.2 Å². The lowest BCUT2D eigenvalue weighted by molar-refractivity contribution is -0.109. The monoisotopic (exact) mass is 343 g/mol. The molecule has 7 heteroatoms. The summed E-state index contributed by atoms with van der Waals surface area (Å²) in [5.41, 5.74) is 1.25. The van der Waals surface area contributed by atoms with Gasteiger partial charge in [-0.15, -0.1) is 0 Å². The number of aryl methyl sites for hydroxylation is 1. The fraction of sp³-hybridized carbons (Fsp3) is 0.500. The van der Waals surface area contributed by atoms with Gasteiger partial charge in [-0.05, 0) is 31.9 Å². The minimum atomic E-state index is -0.102. The summed E-state index contributed by atoms with van der Waals surface area (Å²) in [5, 5.41) is 3.85. The highest BCUT2D eigenvalue weighted by molar-refractivity contribution is 5.92. The molecule has 1 saturated heterocycles. The lowest BCUT2D eigenvalue weighted by Gasteiger charge is -2.38. The minimum Gasteiger partial charge on any atom is -0.372 e. The van der Waals surface area contributed by atoms with Crippen LogP contribution in [-0.4, -0.2) is 52.3 Å². The Labute approximate surface area is 145 Å². The molecule has 0 spiro atoms. The molecule has 4 rings (SSSR count). The van der Waals surface area contributed by atoms with Gasteiger partial charge in [0.25, 0.3) is 5.91 Å². The SMILES string of the molecule is Cc1cc(C(=O)N2CCO[C@H]3[C@H](OCc4ccccn4)CC[C@@H]32)no1. The number of carbonyl (C=O) groups is 1. The summed E-state index contributed by atoms with van der Waals surface area (Å²) in [6.45, 7) is 3.31. The average Bonchev–Trinajstić information content (AvgIpc) is 3.26. The van der Waals surface area contributed by atoms with Crippen LogP contribution in [0.3, 0.4) is 0 Å². The van der Waals surface area contributed by atoms with Gasteiger partial charge in [-0.2, -0.15) is 0 Å². The third-order valence-corrected chi connectivity index (χ3v) is 4.81. The first-order valence-corrected chi connectivity index (χ1v) is 8.60. The van der Waals surface area contributed by atoms with Gasteiger partial charge in [0.2, 0.25) is 0 Å². The second-order valence-corrected chi connectivity index (χ2v) is 6.47. The van der Waals surface area contributed by atoms with E-state index >= 15 is 0 Å². The first kappa shape index (κ1) is 16.2. The van der Waals surface area contributed by atoms with Crippen molar-refractivity contribution >= 4 is 5.91 Å². The molecule has 0 radical (unpaired) electrons. The molecular formula is C18H21N3O4. The van der Waals surface area contributed by atoms with E-state index in [0.29, 0.717) is 31.2 Å². The summed E-state index contributed by atoms with van der Waals surface area (Å²) in [5.74, 6) is 0.539. The summed E-state index contributed by atoms with van der Waals surface area (Å²) >= 11 is 0. The zero-order valence-electron chi connectivity index (χ0n) is 14.1. The van der Waals surface area contributed by atoms with Crippen molar-refractivity contribution in [3.63, 3.8) is 0 Å². The van der Waals surface area contributed by atoms with Crippen molar-refractivity contribution in [2.24, 2.45) is 0 Å². The number of rotatable bonds is 4. The smallest absolute Gasteiger partial charge is 0.276 e. The summed E-state index contributed by atoms with van der Waals surface area (Å²) in [7, 11) is 0. The van der Waals surface area contributed by atoms with Gasteiger partial charge in [0.15, 0.2) is 5.69 Å². The number of pyridine rings is 1. The van der Waals surface area contributed by atoms with Crippen LogP contribution in [-0.2, 0) is 16.1 Å². The van der Waals surface area contributed by atoms with Crippen LogP contribution >= 0.6 is 0 Å². The number of nitrogens with zero attached hydrogens (tertiary/aromatic N) is 3. The summed E-state index contributed by atoms with van der Waals surface area (Å²) in [6.07, 6.45) is 3.35. The Balaban J connectivity index is 1.42. The Morgan fingerprint density at radius 2 is 2.32 bits per heavy atom. The molecule has 1 amide bonds. The molecular weight excluding hydrogens is 322 g/mol. The third kappa shape index (κ3) is 3.29. The van der Waals surface area contributed by atoms with Gasteiger partial charge >= 0.3 is 0 Å². The molecule has 1 aliphatic carbocycles. The van der Waals surface area contributed by atoms with Crippen LogP contribution in [0.15, 0.2) is 35.0 Å². The van der Waals surface area contributed by atoms with Crippen molar-refractivity contribution in [2.75, 3.05) is 13.2 Å². The summed E-state index contributed by atoms with van der Waals surface area (Å²) in [4.78, 5) is 18.9. The predicted octanol–water partition coefficient (Wildman–Crippen LogP) is 1.97. The van der Waals surface area contributed by atoms with E-state index in [1.807, 2.05) is 23.1 Å². The maximum atomic E-state index is 12.7. The number of ether oxygens (including phenoxy) is 2. The van der Waals surface area contributed by atoms with E-state index in [0.717, 1.165) is 18.5 Å². The number of fused-ring (bicyclic) bond motifs is 1. The average molecular weight is 343 g/mol. The van der Waals surface area contributed by atoms with Crippen molar-refractivity contribution in [1.82, 2.24) is 15.0 Å². The van der Waals surface area contributed by atoms with Crippen molar-refractivity contribution in [2.45, 2.75) is 44.6 Å². The summed E-state index contributed by atoms with van der Waals surface area (Å²) in [6, 6.07) is 7.47. The van der Waals surface area contributed by atoms with Gasteiger partial charge < -0.3 is 18.9 Å². The lowest BCUT2D eigenvalue weighted by Crippen LogP contribution is -2.54. The third-order valence-electron chi connectivity index (χ3n) is 4.81. The number of amides is 1. The topological polar surface area (TPSA) is 77.7 Å². The van der Waals surface area contributed by atoms with Crippen LogP contribution in [0.4, 0.5) is 0 Å². The molecule has 7 nitrogen and oxygen atoms in total. The Morgan fingerprint density at radius 1 is 1.40 bits per heavy atom. The van der Waals surface area contributed by atoms with Crippen LogP contribution in [0.5, 0.6) is 0 Å². The van der Waals surface area contributed by atoms with Crippen molar-refractivity contribution in [3.05, 3.63) is 47.6 Å². The van der Waals surface area contributed by atoms with E-state index in [1.54, 1.807) is 19.2 Å². The van der Waals surface area contributed by atoms with Gasteiger partial charge in [0.1, 0.15) is 11.9 Å². The second kappa shape index (κ2) is 6.93. The van der Waals surface area contributed by atoms with Gasteiger partial charge in [-0.25, -0.2) is 0 Å². The number of carbonyl (C=O) groups excluding carboxylic acids is 1. The number of hydrogen-bond donors (Lipinski definition) is 0. The first-order chi connectivity index (χ1) is 12.2. The second-order valence-electron chi connectivity index (χ2n) is 6.47. The Morgan fingerprint density at radius 3 is 3.08 bits per heavy atom. The first-order valence-electron chi connectivity index (χ1n) is 8.60. The maximum absolute atomic E-state index is 12.7. The molecule has 1 saturated carbocycles. The molecule has 132 valence electrons. The van der Waals surface area contributed by atoms with Gasteiger partial charge in [0.05, 0.1) is 31.1 Å². The van der Waals surface area contributed by atoms with E-state index < -0.39 is 0 Å². The largest absolute Gasteiger partial charge is 0.372 e. The highest BCUT2D eigenvalue weighted by atomic mass is 16.5. The van der Waals surface area contributed by atoms with Crippen LogP contribution in [0, 0.1) is 6.92 Å². The highest BCUT2D eigenvalue weighted by Gasteiger charge is 2.45. The summed E-state index contributed by atoms with van der Waals surface area (Å²) < 4.78 is 17.0.